The Morgan fingerprint density at radius 1 is 1.28 bits per heavy atom. The fraction of sp³-hybridized carbons (Fsp3) is 0.625. The largest absolute Gasteiger partial charge is 0.368 e. The first-order chi connectivity index (χ1) is 11.8. The summed E-state index contributed by atoms with van der Waals surface area (Å²) >= 11 is 0. The molecule has 1 aliphatic rings. The molecule has 0 saturated carbocycles. The maximum atomic E-state index is 12.6. The molecule has 1 aliphatic heterocycles. The van der Waals surface area contributed by atoms with Crippen LogP contribution in [0.2, 0.25) is 0 Å². The zero-order valence-electron chi connectivity index (χ0n) is 14.9. The number of likely N-dealkylation sites (tertiary alicyclic amines) is 1. The molecule has 0 spiro atoms. The maximum Gasteiger partial charge on any atom is 0.332 e. The minimum Gasteiger partial charge on any atom is -0.368 e. The van der Waals surface area contributed by atoms with E-state index in [9.17, 15) is 14.4 Å². The molecule has 0 radical (unpaired) electrons. The molecule has 3 rings (SSSR count). The quantitative estimate of drug-likeness (QED) is 0.657. The molecule has 1 saturated heterocycles. The minimum absolute atomic E-state index is 0.124. The minimum atomic E-state index is -0.543. The molecular weight excluding hydrogens is 324 g/mol. The Balaban J connectivity index is 2.19. The van der Waals surface area contributed by atoms with Gasteiger partial charge in [-0.1, -0.05) is 0 Å². The molecule has 1 amide bonds. The van der Waals surface area contributed by atoms with E-state index in [0.717, 1.165) is 24.0 Å². The van der Waals surface area contributed by atoms with E-state index < -0.39 is 17.2 Å². The number of piperidine rings is 1. The van der Waals surface area contributed by atoms with Crippen LogP contribution in [0.3, 0.4) is 0 Å². The highest BCUT2D eigenvalue weighted by Crippen LogP contribution is 2.11. The number of carbonyl (C=O) groups is 1. The summed E-state index contributed by atoms with van der Waals surface area (Å²) in [6.07, 6.45) is 3.51. The lowest BCUT2D eigenvalue weighted by atomic mass is 10.0. The van der Waals surface area contributed by atoms with Crippen molar-refractivity contribution >= 4 is 17.1 Å². The molecule has 1 unspecified atom stereocenters. The van der Waals surface area contributed by atoms with Crippen LogP contribution in [0.5, 0.6) is 0 Å². The number of amides is 1. The molecule has 2 aromatic rings. The Kier molecular flexibility index (Phi) is 4.51. The van der Waals surface area contributed by atoms with Crippen molar-refractivity contribution in [3.05, 3.63) is 26.7 Å². The lowest BCUT2D eigenvalue weighted by molar-refractivity contribution is -0.942. The summed E-state index contributed by atoms with van der Waals surface area (Å²) in [7, 11) is 3.00. The molecule has 0 aromatic carbocycles. The normalized spacial score (nSPS) is 20.9. The molecule has 1 fully saturated rings. The van der Waals surface area contributed by atoms with E-state index in [1.54, 1.807) is 11.6 Å². The summed E-state index contributed by atoms with van der Waals surface area (Å²) in [6.45, 7) is 3.70. The summed E-state index contributed by atoms with van der Waals surface area (Å²) in [5.74, 6) is 0.0778. The van der Waals surface area contributed by atoms with Crippen LogP contribution in [-0.2, 0) is 32.0 Å². The highest BCUT2D eigenvalue weighted by atomic mass is 16.2. The summed E-state index contributed by atoms with van der Waals surface area (Å²) in [5, 5.41) is 0. The molecule has 9 nitrogen and oxygen atoms in total. The third kappa shape index (κ3) is 2.99. The van der Waals surface area contributed by atoms with Crippen LogP contribution in [0.1, 0.15) is 32.0 Å². The molecule has 25 heavy (non-hydrogen) atoms. The molecule has 2 aromatic heterocycles. The molecule has 3 N–H and O–H groups in total. The topological polar surface area (TPSA) is 109 Å². The first-order valence-electron chi connectivity index (χ1n) is 8.59. The number of imidazole rings is 1. The number of nitrogens with one attached hydrogen (secondary N) is 1. The summed E-state index contributed by atoms with van der Waals surface area (Å²) in [4.78, 5) is 42.2. The van der Waals surface area contributed by atoms with E-state index in [1.165, 1.54) is 22.9 Å². The number of aromatic nitrogens is 4. The van der Waals surface area contributed by atoms with Gasteiger partial charge in [0.05, 0.1) is 12.6 Å². The van der Waals surface area contributed by atoms with Crippen molar-refractivity contribution in [2.24, 2.45) is 19.8 Å². The van der Waals surface area contributed by atoms with Crippen LogP contribution in [0, 0.1) is 0 Å². The van der Waals surface area contributed by atoms with E-state index in [2.05, 4.69) is 11.9 Å². The number of primary amides is 1. The predicted molar refractivity (Wildman–Crippen MR) is 92.3 cm³/mol. The van der Waals surface area contributed by atoms with Crippen molar-refractivity contribution < 1.29 is 9.69 Å². The van der Waals surface area contributed by atoms with Gasteiger partial charge in [-0.05, 0) is 26.2 Å². The Labute approximate surface area is 144 Å². The number of hydrogen-bond acceptors (Lipinski definition) is 4. The van der Waals surface area contributed by atoms with Gasteiger partial charge in [0.25, 0.3) is 5.56 Å². The predicted octanol–water partition coefficient (Wildman–Crippen LogP) is -2.12. The Bertz CT molecular complexity index is 938. The molecule has 2 atom stereocenters. The number of rotatable bonds is 4. The second-order valence-electron chi connectivity index (χ2n) is 6.94. The fourth-order valence-electron chi connectivity index (χ4n) is 3.67. The summed E-state index contributed by atoms with van der Waals surface area (Å²) in [6, 6.07) is 0.488. The van der Waals surface area contributed by atoms with Crippen LogP contribution >= 0.6 is 0 Å². The van der Waals surface area contributed by atoms with Gasteiger partial charge >= 0.3 is 5.69 Å². The van der Waals surface area contributed by atoms with Crippen molar-refractivity contribution in [2.75, 3.05) is 6.54 Å². The Hall–Kier alpha value is -2.42. The molecule has 3 heterocycles. The lowest BCUT2D eigenvalue weighted by Crippen LogP contribution is -3.15. The second-order valence-corrected chi connectivity index (χ2v) is 6.94. The van der Waals surface area contributed by atoms with Crippen molar-refractivity contribution in [3.8, 4) is 0 Å². The number of fused-ring (bicyclic) bond motifs is 1. The van der Waals surface area contributed by atoms with Crippen LogP contribution in [-0.4, -0.2) is 37.2 Å². The van der Waals surface area contributed by atoms with Crippen LogP contribution in [0.25, 0.3) is 11.2 Å². The van der Waals surface area contributed by atoms with Crippen LogP contribution in [0.15, 0.2) is 9.59 Å². The van der Waals surface area contributed by atoms with Gasteiger partial charge in [-0.15, -0.1) is 0 Å². The van der Waals surface area contributed by atoms with Crippen molar-refractivity contribution in [1.82, 2.24) is 18.7 Å². The average molecular weight is 349 g/mol. The number of quaternary nitrogens is 1. The van der Waals surface area contributed by atoms with Gasteiger partial charge in [0, 0.05) is 14.1 Å². The molecule has 0 aliphatic carbocycles. The van der Waals surface area contributed by atoms with Crippen LogP contribution < -0.4 is 21.9 Å². The average Bonchev–Trinajstić information content (AvgIpc) is 2.91. The third-order valence-electron chi connectivity index (χ3n) is 5.21. The lowest BCUT2D eigenvalue weighted by Gasteiger charge is -2.29. The van der Waals surface area contributed by atoms with E-state index in [4.69, 9.17) is 5.73 Å². The first kappa shape index (κ1) is 17.4. The number of aryl methyl sites for hydroxylation is 1. The highest BCUT2D eigenvalue weighted by molar-refractivity contribution is 5.78. The number of nitrogens with zero attached hydrogens (tertiary/aromatic N) is 4. The Morgan fingerprint density at radius 3 is 2.64 bits per heavy atom. The Morgan fingerprint density at radius 2 is 2.00 bits per heavy atom. The van der Waals surface area contributed by atoms with Crippen molar-refractivity contribution in [1.29, 1.82) is 0 Å². The SMILES string of the molecule is C[C@@H]1CCCC[NH+]1Cc1nc2c(c(=O)n(C)c(=O)n2C)n1CC(N)=O. The molecular formula is C16H25N6O3+. The molecule has 0 bridgehead atoms. The number of carbonyl (C=O) groups excluding carboxylic acids is 1. The second kappa shape index (κ2) is 6.47. The van der Waals surface area contributed by atoms with Gasteiger partial charge in [0.1, 0.15) is 13.1 Å². The van der Waals surface area contributed by atoms with Gasteiger partial charge in [0.2, 0.25) is 5.91 Å². The van der Waals surface area contributed by atoms with E-state index in [-0.39, 0.29) is 12.1 Å². The zero-order valence-corrected chi connectivity index (χ0v) is 14.9. The summed E-state index contributed by atoms with van der Waals surface area (Å²) in [5.41, 5.74) is 5.04. The van der Waals surface area contributed by atoms with Crippen LogP contribution in [0.4, 0.5) is 0 Å². The fourth-order valence-corrected chi connectivity index (χ4v) is 3.67. The van der Waals surface area contributed by atoms with Gasteiger partial charge in [0.15, 0.2) is 17.0 Å². The highest BCUT2D eigenvalue weighted by Gasteiger charge is 2.27. The first-order valence-corrected chi connectivity index (χ1v) is 8.59. The zero-order chi connectivity index (χ0) is 18.3. The van der Waals surface area contributed by atoms with Gasteiger partial charge in [-0.2, -0.15) is 0 Å². The monoisotopic (exact) mass is 349 g/mol. The standard InChI is InChI=1S/C16H24N6O3/c1-10-6-4-5-7-21(10)9-12-18-14-13(22(12)8-11(17)23)15(24)20(3)16(25)19(14)2/h10H,4-9H2,1-3H3,(H2,17,23)/p+1/t10-/m1/s1. The van der Waals surface area contributed by atoms with Crippen molar-refractivity contribution in [2.45, 2.75) is 45.3 Å². The van der Waals surface area contributed by atoms with Gasteiger partial charge in [-0.25, -0.2) is 9.78 Å². The van der Waals surface area contributed by atoms with Crippen molar-refractivity contribution in [3.63, 3.8) is 0 Å². The maximum absolute atomic E-state index is 12.6. The van der Waals surface area contributed by atoms with E-state index >= 15 is 0 Å². The number of nitrogens with two attached hydrogens (primary N) is 1. The molecule has 9 heteroatoms. The van der Waals surface area contributed by atoms with E-state index in [0.29, 0.717) is 24.1 Å². The van der Waals surface area contributed by atoms with Gasteiger partial charge in [-0.3, -0.25) is 18.7 Å². The summed E-state index contributed by atoms with van der Waals surface area (Å²) < 4.78 is 3.95. The third-order valence-corrected chi connectivity index (χ3v) is 5.21. The van der Waals surface area contributed by atoms with E-state index in [1.807, 2.05) is 0 Å². The van der Waals surface area contributed by atoms with Gasteiger partial charge < -0.3 is 15.2 Å². The molecule has 136 valence electrons. The number of hydrogen-bond donors (Lipinski definition) is 2. The smallest absolute Gasteiger partial charge is 0.332 e.